The zero-order valence-electron chi connectivity index (χ0n) is 13.6. The van der Waals surface area contributed by atoms with E-state index in [1.165, 1.54) is 5.30 Å². The van der Waals surface area contributed by atoms with Crippen molar-refractivity contribution in [2.24, 2.45) is 0 Å². The molecule has 0 fully saturated rings. The predicted molar refractivity (Wildman–Crippen MR) is 99.0 cm³/mol. The Kier molecular flexibility index (Phi) is 4.76. The predicted octanol–water partition coefficient (Wildman–Crippen LogP) is 4.45. The molecular weight excluding hydrogens is 285 g/mol. The van der Waals surface area contributed by atoms with Gasteiger partial charge in [-0.25, -0.2) is 0 Å². The van der Waals surface area contributed by atoms with E-state index in [2.05, 4.69) is 92.7 Å². The zero-order valence-corrected chi connectivity index (χ0v) is 14.5. The molecule has 0 aromatic heterocycles. The van der Waals surface area contributed by atoms with E-state index >= 15 is 0 Å². The van der Waals surface area contributed by atoms with Crippen molar-refractivity contribution in [1.29, 1.82) is 0 Å². The summed E-state index contributed by atoms with van der Waals surface area (Å²) in [7, 11) is 3.99. The molecule has 0 saturated carbocycles. The number of hydrogen-bond acceptors (Lipinski definition) is 1. The lowest BCUT2D eigenvalue weighted by atomic mass is 10.1. The summed E-state index contributed by atoms with van der Waals surface area (Å²) in [5, 5.41) is 3.05. The molecule has 1 aromatic rings. The number of rotatable bonds is 5. The second-order valence-electron chi connectivity index (χ2n) is 6.12. The van der Waals surface area contributed by atoms with E-state index in [-0.39, 0.29) is 7.92 Å². The SMILES string of the molecule is C[C@H](C1=C(P(c2ccccc2)C2C=CC=C2)C=CC1)N(C)C. The molecule has 0 spiro atoms. The first-order valence-electron chi connectivity index (χ1n) is 7.94. The fourth-order valence-corrected chi connectivity index (χ4v) is 5.93. The topological polar surface area (TPSA) is 3.24 Å². The van der Waals surface area contributed by atoms with E-state index in [9.17, 15) is 0 Å². The summed E-state index contributed by atoms with van der Waals surface area (Å²) in [6.07, 6.45) is 14.9. The maximum Gasteiger partial charge on any atom is 0.0285 e. The van der Waals surface area contributed by atoms with E-state index in [4.69, 9.17) is 0 Å². The van der Waals surface area contributed by atoms with Crippen LogP contribution in [0.4, 0.5) is 0 Å². The zero-order chi connectivity index (χ0) is 15.5. The largest absolute Gasteiger partial charge is 0.303 e. The summed E-state index contributed by atoms with van der Waals surface area (Å²) in [4.78, 5) is 2.32. The average Bonchev–Trinajstić information content (AvgIpc) is 3.20. The molecule has 1 nitrogen and oxygen atoms in total. The second kappa shape index (κ2) is 6.77. The van der Waals surface area contributed by atoms with Crippen LogP contribution < -0.4 is 5.30 Å². The van der Waals surface area contributed by atoms with Gasteiger partial charge in [-0.15, -0.1) is 0 Å². The number of benzene rings is 1. The van der Waals surface area contributed by atoms with E-state index in [1.54, 1.807) is 10.9 Å². The van der Waals surface area contributed by atoms with Gasteiger partial charge in [-0.1, -0.05) is 66.8 Å². The smallest absolute Gasteiger partial charge is 0.0285 e. The normalized spacial score (nSPS) is 20.4. The molecule has 114 valence electrons. The highest BCUT2D eigenvalue weighted by Gasteiger charge is 2.28. The van der Waals surface area contributed by atoms with Crippen LogP contribution in [0.15, 0.2) is 77.7 Å². The van der Waals surface area contributed by atoms with E-state index < -0.39 is 0 Å². The van der Waals surface area contributed by atoms with Gasteiger partial charge in [0.1, 0.15) is 0 Å². The van der Waals surface area contributed by atoms with Crippen LogP contribution in [0.1, 0.15) is 13.3 Å². The number of likely N-dealkylation sites (N-methyl/N-ethyl adjacent to an activating group) is 1. The summed E-state index contributed by atoms with van der Waals surface area (Å²) in [6, 6.07) is 11.5. The lowest BCUT2D eigenvalue weighted by molar-refractivity contribution is 0.348. The minimum absolute atomic E-state index is 0.362. The van der Waals surface area contributed by atoms with Gasteiger partial charge < -0.3 is 4.90 Å². The van der Waals surface area contributed by atoms with Crippen molar-refractivity contribution < 1.29 is 0 Å². The van der Waals surface area contributed by atoms with E-state index in [0.717, 1.165) is 6.42 Å². The Balaban J connectivity index is 2.05. The van der Waals surface area contributed by atoms with Gasteiger partial charge in [0.05, 0.1) is 0 Å². The highest BCUT2D eigenvalue weighted by molar-refractivity contribution is 7.71. The Morgan fingerprint density at radius 3 is 2.41 bits per heavy atom. The Labute approximate surface area is 135 Å². The third-order valence-corrected chi connectivity index (χ3v) is 7.29. The molecule has 0 N–H and O–H groups in total. The summed E-state index contributed by atoms with van der Waals surface area (Å²) >= 11 is 0. The minimum atomic E-state index is -0.362. The van der Waals surface area contributed by atoms with Crippen molar-refractivity contribution in [2.45, 2.75) is 25.0 Å². The van der Waals surface area contributed by atoms with Crippen LogP contribution in [0.25, 0.3) is 0 Å². The van der Waals surface area contributed by atoms with Gasteiger partial charge >= 0.3 is 0 Å². The summed E-state index contributed by atoms with van der Waals surface area (Å²) < 4.78 is 0. The fourth-order valence-electron chi connectivity index (χ4n) is 3.09. The maximum absolute atomic E-state index is 2.38. The van der Waals surface area contributed by atoms with E-state index in [1.807, 2.05) is 0 Å². The minimum Gasteiger partial charge on any atom is -0.303 e. The van der Waals surface area contributed by atoms with E-state index in [0.29, 0.717) is 11.7 Å². The Morgan fingerprint density at radius 2 is 1.77 bits per heavy atom. The number of allylic oxidation sites excluding steroid dienone is 7. The van der Waals surface area contributed by atoms with Crippen LogP contribution in [0.3, 0.4) is 0 Å². The molecule has 2 aliphatic rings. The van der Waals surface area contributed by atoms with Gasteiger partial charge in [0, 0.05) is 11.7 Å². The maximum atomic E-state index is 2.38. The highest BCUT2D eigenvalue weighted by Crippen LogP contribution is 2.54. The molecule has 22 heavy (non-hydrogen) atoms. The Morgan fingerprint density at radius 1 is 1.09 bits per heavy atom. The summed E-state index contributed by atoms with van der Waals surface area (Å²) in [6.45, 7) is 2.32. The third-order valence-electron chi connectivity index (χ3n) is 4.54. The van der Waals surface area contributed by atoms with Gasteiger partial charge in [0.25, 0.3) is 0 Å². The van der Waals surface area contributed by atoms with Crippen molar-refractivity contribution >= 4 is 13.2 Å². The summed E-state index contributed by atoms with van der Waals surface area (Å²) in [5.41, 5.74) is 2.12. The molecule has 0 amide bonds. The molecular formula is C20H24NP. The van der Waals surface area contributed by atoms with Gasteiger partial charge in [-0.2, -0.15) is 0 Å². The van der Waals surface area contributed by atoms with Crippen LogP contribution in [-0.2, 0) is 0 Å². The molecule has 2 atom stereocenters. The lowest BCUT2D eigenvalue weighted by Crippen LogP contribution is -2.27. The van der Waals surface area contributed by atoms with Crippen LogP contribution in [0.2, 0.25) is 0 Å². The molecule has 0 bridgehead atoms. The fraction of sp³-hybridized carbons (Fsp3) is 0.300. The third kappa shape index (κ3) is 3.02. The molecule has 1 aromatic carbocycles. The number of hydrogen-bond donors (Lipinski definition) is 0. The first kappa shape index (κ1) is 15.5. The molecule has 2 aliphatic carbocycles. The van der Waals surface area contributed by atoms with Crippen LogP contribution >= 0.6 is 7.92 Å². The molecule has 1 unspecified atom stereocenters. The van der Waals surface area contributed by atoms with Crippen molar-refractivity contribution in [3.8, 4) is 0 Å². The standard InChI is InChI=1S/C20H24NP/c1-16(21(2)3)19-14-9-15-20(19)22(18-12-7-8-13-18)17-10-5-4-6-11-17/h4-13,15-16,18H,14H2,1-3H3/t16-,22?/m1/s1. The van der Waals surface area contributed by atoms with Gasteiger partial charge in [0.2, 0.25) is 0 Å². The van der Waals surface area contributed by atoms with Crippen molar-refractivity contribution in [2.75, 3.05) is 14.1 Å². The van der Waals surface area contributed by atoms with Crippen LogP contribution in [0, 0.1) is 0 Å². The first-order valence-corrected chi connectivity index (χ1v) is 9.35. The quantitative estimate of drug-likeness (QED) is 0.726. The van der Waals surface area contributed by atoms with Crippen molar-refractivity contribution in [3.63, 3.8) is 0 Å². The monoisotopic (exact) mass is 309 g/mol. The van der Waals surface area contributed by atoms with Crippen LogP contribution in [0.5, 0.6) is 0 Å². The molecule has 2 heteroatoms. The molecule has 3 rings (SSSR count). The lowest BCUT2D eigenvalue weighted by Gasteiger charge is -2.29. The molecule has 0 saturated heterocycles. The van der Waals surface area contributed by atoms with Crippen LogP contribution in [-0.4, -0.2) is 30.7 Å². The molecule has 0 aliphatic heterocycles. The molecule has 0 heterocycles. The molecule has 0 radical (unpaired) electrons. The first-order chi connectivity index (χ1) is 10.7. The van der Waals surface area contributed by atoms with Gasteiger partial charge in [0.15, 0.2) is 0 Å². The highest BCUT2D eigenvalue weighted by atomic mass is 31.1. The van der Waals surface area contributed by atoms with Crippen molar-refractivity contribution in [1.82, 2.24) is 4.90 Å². The number of nitrogens with zero attached hydrogens (tertiary/aromatic N) is 1. The Hall–Kier alpha value is -1.43. The summed E-state index contributed by atoms with van der Waals surface area (Å²) in [5.74, 6) is 0. The second-order valence-corrected chi connectivity index (χ2v) is 8.46. The van der Waals surface area contributed by atoms with Gasteiger partial charge in [-0.3, -0.25) is 0 Å². The average molecular weight is 309 g/mol. The van der Waals surface area contributed by atoms with Crippen molar-refractivity contribution in [3.05, 3.63) is 77.7 Å². The Bertz CT molecular complexity index is 625. The van der Waals surface area contributed by atoms with Gasteiger partial charge in [-0.05, 0) is 51.6 Å².